The van der Waals surface area contributed by atoms with E-state index in [0.717, 1.165) is 19.4 Å². The largest absolute Gasteiger partial charge is 0.352 e. The third-order valence-corrected chi connectivity index (χ3v) is 5.86. The average Bonchev–Trinajstić information content (AvgIpc) is 2.69. The highest BCUT2D eigenvalue weighted by Gasteiger charge is 2.29. The summed E-state index contributed by atoms with van der Waals surface area (Å²) in [5.41, 5.74) is 0. The number of sulfonamides is 1. The highest BCUT2D eigenvalue weighted by Crippen LogP contribution is 2.13. The first-order valence-electron chi connectivity index (χ1n) is 6.99. The van der Waals surface area contributed by atoms with E-state index in [2.05, 4.69) is 17.6 Å². The van der Waals surface area contributed by atoms with Crippen LogP contribution in [0.5, 0.6) is 0 Å². The van der Waals surface area contributed by atoms with Gasteiger partial charge in [-0.1, -0.05) is 0 Å². The Balaban J connectivity index is 1.75. The standard InChI is InChI=1S/C12H23N3O3S/c1-10-11(4-2-6-13-10)14-12(16)5-8-15-7-3-9-19(15,17)18/h10-11,13H,2-9H2,1H3,(H,14,16). The minimum atomic E-state index is -3.09. The summed E-state index contributed by atoms with van der Waals surface area (Å²) in [4.78, 5) is 11.9. The molecule has 0 bridgehead atoms. The van der Waals surface area contributed by atoms with Crippen LogP contribution >= 0.6 is 0 Å². The summed E-state index contributed by atoms with van der Waals surface area (Å²) in [5.74, 6) is 0.167. The molecule has 2 fully saturated rings. The molecule has 0 aromatic carbocycles. The normalized spacial score (nSPS) is 31.2. The van der Waals surface area contributed by atoms with Gasteiger partial charge in [-0.2, -0.15) is 0 Å². The van der Waals surface area contributed by atoms with E-state index in [1.54, 1.807) is 0 Å². The van der Waals surface area contributed by atoms with Crippen LogP contribution in [0.25, 0.3) is 0 Å². The van der Waals surface area contributed by atoms with Gasteiger partial charge in [0.25, 0.3) is 0 Å². The maximum atomic E-state index is 11.9. The lowest BCUT2D eigenvalue weighted by Gasteiger charge is -2.30. The smallest absolute Gasteiger partial charge is 0.221 e. The van der Waals surface area contributed by atoms with Crippen LogP contribution in [0, 0.1) is 0 Å². The first kappa shape index (κ1) is 14.7. The van der Waals surface area contributed by atoms with Crippen LogP contribution < -0.4 is 10.6 Å². The van der Waals surface area contributed by atoms with Gasteiger partial charge in [0.2, 0.25) is 15.9 Å². The van der Waals surface area contributed by atoms with Gasteiger partial charge in [-0.05, 0) is 32.7 Å². The molecular formula is C12H23N3O3S. The quantitative estimate of drug-likeness (QED) is 0.743. The molecule has 2 N–H and O–H groups in total. The fraction of sp³-hybridized carbons (Fsp3) is 0.917. The molecule has 2 aliphatic heterocycles. The lowest BCUT2D eigenvalue weighted by molar-refractivity contribution is -0.122. The van der Waals surface area contributed by atoms with Gasteiger partial charge in [-0.3, -0.25) is 4.79 Å². The molecule has 2 heterocycles. The zero-order chi connectivity index (χ0) is 13.9. The Labute approximate surface area is 115 Å². The van der Waals surface area contributed by atoms with Crippen molar-refractivity contribution in [3.8, 4) is 0 Å². The number of hydrogen-bond donors (Lipinski definition) is 2. The van der Waals surface area contributed by atoms with Gasteiger partial charge in [0, 0.05) is 31.6 Å². The fourth-order valence-electron chi connectivity index (χ4n) is 2.69. The third-order valence-electron chi connectivity index (χ3n) is 3.90. The summed E-state index contributed by atoms with van der Waals surface area (Å²) < 4.78 is 24.6. The Morgan fingerprint density at radius 1 is 1.42 bits per heavy atom. The molecule has 0 saturated carbocycles. The van der Waals surface area contributed by atoms with Crippen LogP contribution in [0.3, 0.4) is 0 Å². The summed E-state index contributed by atoms with van der Waals surface area (Å²) in [7, 11) is -3.09. The molecular weight excluding hydrogens is 266 g/mol. The molecule has 7 heteroatoms. The summed E-state index contributed by atoms with van der Waals surface area (Å²) >= 11 is 0. The topological polar surface area (TPSA) is 78.5 Å². The van der Waals surface area contributed by atoms with E-state index in [4.69, 9.17) is 0 Å². The molecule has 110 valence electrons. The second-order valence-corrected chi connectivity index (χ2v) is 7.47. The first-order chi connectivity index (χ1) is 8.99. The van der Waals surface area contributed by atoms with Gasteiger partial charge in [0.05, 0.1) is 5.75 Å². The van der Waals surface area contributed by atoms with Crippen molar-refractivity contribution in [2.45, 2.75) is 44.7 Å². The van der Waals surface area contributed by atoms with Gasteiger partial charge in [0.1, 0.15) is 0 Å². The molecule has 2 unspecified atom stereocenters. The van der Waals surface area contributed by atoms with Crippen molar-refractivity contribution in [1.82, 2.24) is 14.9 Å². The van der Waals surface area contributed by atoms with E-state index < -0.39 is 10.0 Å². The monoisotopic (exact) mass is 289 g/mol. The van der Waals surface area contributed by atoms with Crippen molar-refractivity contribution in [3.63, 3.8) is 0 Å². The van der Waals surface area contributed by atoms with Gasteiger partial charge in [0.15, 0.2) is 0 Å². The molecule has 19 heavy (non-hydrogen) atoms. The molecule has 2 saturated heterocycles. The van der Waals surface area contributed by atoms with E-state index in [9.17, 15) is 13.2 Å². The van der Waals surface area contributed by atoms with E-state index in [0.29, 0.717) is 19.5 Å². The predicted molar refractivity (Wildman–Crippen MR) is 73.2 cm³/mol. The fourth-order valence-corrected chi connectivity index (χ4v) is 4.22. The van der Waals surface area contributed by atoms with Crippen molar-refractivity contribution in [1.29, 1.82) is 0 Å². The minimum Gasteiger partial charge on any atom is -0.352 e. The Morgan fingerprint density at radius 3 is 2.84 bits per heavy atom. The zero-order valence-electron chi connectivity index (χ0n) is 11.4. The number of rotatable bonds is 4. The summed E-state index contributed by atoms with van der Waals surface area (Å²) in [6, 6.07) is 0.449. The third kappa shape index (κ3) is 3.90. The number of piperidine rings is 1. The van der Waals surface area contributed by atoms with E-state index in [-0.39, 0.29) is 30.2 Å². The summed E-state index contributed by atoms with van der Waals surface area (Å²) in [5, 5.41) is 6.32. The number of nitrogens with zero attached hydrogens (tertiary/aromatic N) is 1. The molecule has 2 rings (SSSR count). The van der Waals surface area contributed by atoms with Gasteiger partial charge in [-0.15, -0.1) is 0 Å². The summed E-state index contributed by atoms with van der Waals surface area (Å²) in [6.45, 7) is 3.92. The van der Waals surface area contributed by atoms with E-state index in [1.165, 1.54) is 4.31 Å². The van der Waals surface area contributed by atoms with Gasteiger partial charge in [-0.25, -0.2) is 12.7 Å². The van der Waals surface area contributed by atoms with Gasteiger partial charge < -0.3 is 10.6 Å². The maximum absolute atomic E-state index is 11.9. The molecule has 1 amide bonds. The average molecular weight is 289 g/mol. The van der Waals surface area contributed by atoms with E-state index >= 15 is 0 Å². The predicted octanol–water partition coefficient (Wildman–Crippen LogP) is -0.331. The molecule has 6 nitrogen and oxygen atoms in total. The highest BCUT2D eigenvalue weighted by atomic mass is 32.2. The van der Waals surface area contributed by atoms with Crippen LogP contribution in [-0.2, 0) is 14.8 Å². The van der Waals surface area contributed by atoms with Gasteiger partial charge >= 0.3 is 0 Å². The Bertz CT molecular complexity index is 424. The second kappa shape index (κ2) is 6.19. The van der Waals surface area contributed by atoms with Crippen LogP contribution in [0.15, 0.2) is 0 Å². The van der Waals surface area contributed by atoms with Crippen molar-refractivity contribution < 1.29 is 13.2 Å². The number of amides is 1. The lowest BCUT2D eigenvalue weighted by atomic mass is 10.00. The van der Waals surface area contributed by atoms with Crippen molar-refractivity contribution in [3.05, 3.63) is 0 Å². The molecule has 2 aliphatic rings. The SMILES string of the molecule is CC1NCCCC1NC(=O)CCN1CCCS1(=O)=O. The van der Waals surface area contributed by atoms with Crippen molar-refractivity contribution in [2.75, 3.05) is 25.4 Å². The second-order valence-electron chi connectivity index (χ2n) is 5.38. The van der Waals surface area contributed by atoms with Crippen molar-refractivity contribution >= 4 is 15.9 Å². The van der Waals surface area contributed by atoms with Crippen LogP contribution in [-0.4, -0.2) is 56.1 Å². The number of carbonyl (C=O) groups excluding carboxylic acids is 1. The molecule has 0 aliphatic carbocycles. The zero-order valence-corrected chi connectivity index (χ0v) is 12.2. The van der Waals surface area contributed by atoms with Crippen LogP contribution in [0.2, 0.25) is 0 Å². The summed E-state index contributed by atoms with van der Waals surface area (Å²) in [6.07, 6.45) is 2.98. The minimum absolute atomic E-state index is 0.0531. The molecule has 0 aromatic rings. The first-order valence-corrected chi connectivity index (χ1v) is 8.60. The Morgan fingerprint density at radius 2 is 2.21 bits per heavy atom. The lowest BCUT2D eigenvalue weighted by Crippen LogP contribution is -2.52. The Hall–Kier alpha value is -0.660. The van der Waals surface area contributed by atoms with Crippen LogP contribution in [0.1, 0.15) is 32.6 Å². The Kier molecular flexibility index (Phi) is 4.81. The maximum Gasteiger partial charge on any atom is 0.221 e. The number of carbonyl (C=O) groups is 1. The van der Waals surface area contributed by atoms with E-state index in [1.807, 2.05) is 0 Å². The van der Waals surface area contributed by atoms with Crippen LogP contribution in [0.4, 0.5) is 0 Å². The molecule has 0 radical (unpaired) electrons. The number of nitrogens with one attached hydrogen (secondary N) is 2. The molecule has 2 atom stereocenters. The molecule has 0 aromatic heterocycles. The number of hydrogen-bond acceptors (Lipinski definition) is 4. The van der Waals surface area contributed by atoms with Crippen molar-refractivity contribution in [2.24, 2.45) is 0 Å². The highest BCUT2D eigenvalue weighted by molar-refractivity contribution is 7.89. The molecule has 0 spiro atoms.